The van der Waals surface area contributed by atoms with E-state index in [1.165, 1.54) is 28.5 Å². The van der Waals surface area contributed by atoms with Crippen LogP contribution in [0.4, 0.5) is 10.1 Å². The van der Waals surface area contributed by atoms with Crippen LogP contribution in [0.25, 0.3) is 16.7 Å². The number of benzene rings is 2. The lowest BCUT2D eigenvalue weighted by Gasteiger charge is -2.11. The van der Waals surface area contributed by atoms with Gasteiger partial charge in [-0.3, -0.25) is 18.6 Å². The maximum absolute atomic E-state index is 13.8. The average molecular weight is 440 g/mol. The number of aryl methyl sites for hydroxylation is 3. The lowest BCUT2D eigenvalue weighted by Crippen LogP contribution is -2.23. The predicted molar refractivity (Wildman–Crippen MR) is 120 cm³/mol. The number of thioether (sulfide) groups is 1. The molecule has 0 atom stereocenters. The van der Waals surface area contributed by atoms with Crippen LogP contribution in [0, 0.1) is 19.7 Å². The molecule has 0 saturated heterocycles. The van der Waals surface area contributed by atoms with Crippen LogP contribution in [0.15, 0.2) is 46.3 Å². The van der Waals surface area contributed by atoms with E-state index in [1.807, 2.05) is 39.0 Å². The van der Waals surface area contributed by atoms with Crippen LogP contribution >= 0.6 is 11.8 Å². The molecule has 0 fully saturated rings. The van der Waals surface area contributed by atoms with Gasteiger partial charge in [-0.05, 0) is 50.1 Å². The van der Waals surface area contributed by atoms with E-state index in [-0.39, 0.29) is 22.6 Å². The fourth-order valence-corrected chi connectivity index (χ4v) is 4.29. The zero-order valence-corrected chi connectivity index (χ0v) is 18.3. The average Bonchev–Trinajstić information content (AvgIpc) is 3.15. The number of carbonyl (C=O) groups excluding carboxylic acids is 1. The summed E-state index contributed by atoms with van der Waals surface area (Å²) in [5, 5.41) is 12.0. The molecule has 1 N–H and O–H groups in total. The van der Waals surface area contributed by atoms with Crippen molar-refractivity contribution in [3.8, 4) is 0 Å². The molecular weight excluding hydrogens is 417 g/mol. The zero-order valence-electron chi connectivity index (χ0n) is 17.5. The molecule has 0 radical (unpaired) electrons. The first-order chi connectivity index (χ1) is 14.9. The van der Waals surface area contributed by atoms with E-state index in [0.29, 0.717) is 29.4 Å². The van der Waals surface area contributed by atoms with E-state index in [1.54, 1.807) is 10.5 Å². The molecule has 4 aromatic rings. The van der Waals surface area contributed by atoms with Crippen molar-refractivity contribution in [3.05, 3.63) is 63.7 Å². The lowest BCUT2D eigenvalue weighted by atomic mass is 10.1. The van der Waals surface area contributed by atoms with Crippen LogP contribution in [0.2, 0.25) is 0 Å². The summed E-state index contributed by atoms with van der Waals surface area (Å²) in [6.07, 6.45) is 0.712. The second-order valence-electron chi connectivity index (χ2n) is 7.39. The number of amides is 1. The third-order valence-corrected chi connectivity index (χ3v) is 5.90. The summed E-state index contributed by atoms with van der Waals surface area (Å²) in [5.74, 6) is -0.166. The molecule has 0 aliphatic rings. The summed E-state index contributed by atoms with van der Waals surface area (Å²) in [6.45, 7) is 6.33. The molecule has 0 spiro atoms. The van der Waals surface area contributed by atoms with Crippen LogP contribution in [0.1, 0.15) is 24.5 Å². The number of nitrogens with zero attached hydrogens (tertiary/aromatic N) is 4. The highest BCUT2D eigenvalue weighted by Gasteiger charge is 2.18. The number of nitrogens with one attached hydrogen (secondary N) is 1. The number of fused-ring (bicyclic) bond motifs is 3. The van der Waals surface area contributed by atoms with Crippen molar-refractivity contribution < 1.29 is 9.18 Å². The first-order valence-corrected chi connectivity index (χ1v) is 10.9. The Morgan fingerprint density at radius 1 is 1.16 bits per heavy atom. The third-order valence-electron chi connectivity index (χ3n) is 4.97. The summed E-state index contributed by atoms with van der Waals surface area (Å²) >= 11 is 1.21. The molecule has 2 aromatic heterocycles. The Morgan fingerprint density at radius 2 is 1.97 bits per heavy atom. The normalized spacial score (nSPS) is 11.4. The van der Waals surface area contributed by atoms with Crippen molar-refractivity contribution in [2.75, 3.05) is 11.1 Å². The highest BCUT2D eigenvalue weighted by molar-refractivity contribution is 7.99. The van der Waals surface area contributed by atoms with Gasteiger partial charge < -0.3 is 5.32 Å². The minimum atomic E-state index is -0.484. The van der Waals surface area contributed by atoms with Gasteiger partial charge in [-0.15, -0.1) is 10.2 Å². The van der Waals surface area contributed by atoms with Crippen LogP contribution in [-0.4, -0.2) is 30.8 Å². The maximum atomic E-state index is 13.8. The molecule has 160 valence electrons. The molecule has 9 heteroatoms. The number of aromatic nitrogens is 4. The summed E-state index contributed by atoms with van der Waals surface area (Å²) in [6, 6.07) is 9.90. The quantitative estimate of drug-likeness (QED) is 0.460. The molecule has 0 saturated carbocycles. The fourth-order valence-electron chi connectivity index (χ4n) is 3.55. The topological polar surface area (TPSA) is 81.3 Å². The largest absolute Gasteiger partial charge is 0.325 e. The van der Waals surface area contributed by atoms with E-state index in [2.05, 4.69) is 15.5 Å². The molecule has 31 heavy (non-hydrogen) atoms. The van der Waals surface area contributed by atoms with E-state index in [4.69, 9.17) is 0 Å². The Bertz CT molecular complexity index is 1360. The Hall–Kier alpha value is -3.20. The van der Waals surface area contributed by atoms with Crippen molar-refractivity contribution in [1.82, 2.24) is 19.2 Å². The van der Waals surface area contributed by atoms with Crippen molar-refractivity contribution in [2.24, 2.45) is 0 Å². The monoisotopic (exact) mass is 439 g/mol. The van der Waals surface area contributed by atoms with Gasteiger partial charge in [0.05, 0.1) is 16.7 Å². The van der Waals surface area contributed by atoms with Crippen LogP contribution in [-0.2, 0) is 11.3 Å². The van der Waals surface area contributed by atoms with Crippen LogP contribution in [0.5, 0.6) is 0 Å². The second kappa shape index (κ2) is 8.50. The van der Waals surface area contributed by atoms with Crippen LogP contribution in [0.3, 0.4) is 0 Å². The minimum absolute atomic E-state index is 0.115. The van der Waals surface area contributed by atoms with Gasteiger partial charge >= 0.3 is 0 Å². The molecular formula is C22H22FN5O2S. The van der Waals surface area contributed by atoms with Gasteiger partial charge in [-0.2, -0.15) is 0 Å². The molecule has 2 aromatic carbocycles. The van der Waals surface area contributed by atoms with Crippen molar-refractivity contribution >= 4 is 40.0 Å². The molecule has 2 heterocycles. The Labute approximate surface area is 182 Å². The van der Waals surface area contributed by atoms with Gasteiger partial charge in [-0.25, -0.2) is 4.39 Å². The number of anilines is 1. The number of halogens is 1. The van der Waals surface area contributed by atoms with Gasteiger partial charge in [0.15, 0.2) is 5.16 Å². The van der Waals surface area contributed by atoms with E-state index < -0.39 is 5.82 Å². The molecule has 0 aliphatic heterocycles. The highest BCUT2D eigenvalue weighted by atomic mass is 32.2. The number of carbonyl (C=O) groups is 1. The first-order valence-electron chi connectivity index (χ1n) is 9.96. The Kier molecular flexibility index (Phi) is 5.77. The Balaban J connectivity index is 1.67. The summed E-state index contributed by atoms with van der Waals surface area (Å²) in [4.78, 5) is 25.4. The zero-order chi connectivity index (χ0) is 22.1. The number of hydrogen-bond acceptors (Lipinski definition) is 5. The lowest BCUT2D eigenvalue weighted by molar-refractivity contribution is -0.113. The van der Waals surface area contributed by atoms with Gasteiger partial charge in [-0.1, -0.05) is 36.4 Å². The van der Waals surface area contributed by atoms with E-state index in [0.717, 1.165) is 16.8 Å². The molecule has 0 unspecified atom stereocenters. The van der Waals surface area contributed by atoms with Crippen molar-refractivity contribution in [2.45, 2.75) is 38.9 Å². The van der Waals surface area contributed by atoms with Crippen molar-refractivity contribution in [1.29, 1.82) is 0 Å². The van der Waals surface area contributed by atoms with Crippen molar-refractivity contribution in [3.63, 3.8) is 0 Å². The fraction of sp³-hybridized carbons (Fsp3) is 0.273. The van der Waals surface area contributed by atoms with Gasteiger partial charge in [0.1, 0.15) is 5.82 Å². The van der Waals surface area contributed by atoms with Gasteiger partial charge in [0.25, 0.3) is 5.56 Å². The third kappa shape index (κ3) is 4.05. The second-order valence-corrected chi connectivity index (χ2v) is 8.33. The minimum Gasteiger partial charge on any atom is -0.325 e. The van der Waals surface area contributed by atoms with E-state index in [9.17, 15) is 14.0 Å². The Morgan fingerprint density at radius 3 is 2.71 bits per heavy atom. The van der Waals surface area contributed by atoms with Gasteiger partial charge in [0, 0.05) is 12.2 Å². The molecule has 7 nitrogen and oxygen atoms in total. The summed E-state index contributed by atoms with van der Waals surface area (Å²) < 4.78 is 17.0. The summed E-state index contributed by atoms with van der Waals surface area (Å²) in [5.41, 5.74) is 3.08. The predicted octanol–water partition coefficient (Wildman–Crippen LogP) is 3.94. The molecule has 0 bridgehead atoms. The SMILES string of the molecule is CCCn1c(=O)c2cc(F)ccc2n2c(SCC(=O)Nc3ccc(C)cc3C)nnc12. The molecule has 1 amide bonds. The molecule has 4 rings (SSSR count). The first kappa shape index (κ1) is 21.0. The van der Waals surface area contributed by atoms with Crippen LogP contribution < -0.4 is 10.9 Å². The number of hydrogen-bond donors (Lipinski definition) is 1. The number of rotatable bonds is 6. The van der Waals surface area contributed by atoms with E-state index >= 15 is 0 Å². The summed E-state index contributed by atoms with van der Waals surface area (Å²) in [7, 11) is 0. The smallest absolute Gasteiger partial charge is 0.262 e. The maximum Gasteiger partial charge on any atom is 0.262 e. The standard InChI is InChI=1S/C22H22FN5O2S/c1-4-9-27-20(30)16-11-15(23)6-8-18(16)28-21(27)25-26-22(28)31-12-19(29)24-17-7-5-13(2)10-14(17)3/h5-8,10-11H,4,9,12H2,1-3H3,(H,24,29). The highest BCUT2D eigenvalue weighted by Crippen LogP contribution is 2.23. The molecule has 0 aliphatic carbocycles. The van der Waals surface area contributed by atoms with Gasteiger partial charge in [0.2, 0.25) is 11.7 Å².